The highest BCUT2D eigenvalue weighted by Crippen LogP contribution is 2.33. The number of nitrogens with zero attached hydrogens (tertiary/aromatic N) is 6. The largest absolute Gasteiger partial charge is 0.463 e. The Labute approximate surface area is 340 Å². The van der Waals surface area contributed by atoms with Crippen LogP contribution in [0.25, 0.3) is 11.1 Å². The number of amides is 4. The van der Waals surface area contributed by atoms with Crippen LogP contribution in [-0.4, -0.2) is 145 Å². The predicted molar refractivity (Wildman–Crippen MR) is 219 cm³/mol. The number of oxazole rings is 1. The van der Waals surface area contributed by atoms with Crippen LogP contribution < -0.4 is 11.1 Å². The topological polar surface area (TPSA) is 150 Å². The molecule has 3 aromatic rings. The summed E-state index contributed by atoms with van der Waals surface area (Å²) in [6.45, 7) is 7.59. The Morgan fingerprint density at radius 1 is 0.897 bits per heavy atom. The van der Waals surface area contributed by atoms with Gasteiger partial charge in [0.1, 0.15) is 6.61 Å². The highest BCUT2D eigenvalue weighted by molar-refractivity contribution is 5.91. The summed E-state index contributed by atoms with van der Waals surface area (Å²) in [4.78, 5) is 75.6. The summed E-state index contributed by atoms with van der Waals surface area (Å²) in [5.41, 5.74) is 4.62. The first-order valence-electron chi connectivity index (χ1n) is 20.9. The summed E-state index contributed by atoms with van der Waals surface area (Å²) in [6.07, 6.45) is 4.25. The number of esters is 1. The summed E-state index contributed by atoms with van der Waals surface area (Å²) in [5.74, 6) is 0.139. The van der Waals surface area contributed by atoms with E-state index in [0.717, 1.165) is 67.6 Å². The van der Waals surface area contributed by atoms with Crippen LogP contribution in [0.2, 0.25) is 0 Å². The van der Waals surface area contributed by atoms with E-state index in [0.29, 0.717) is 88.2 Å². The van der Waals surface area contributed by atoms with E-state index in [1.54, 1.807) is 18.0 Å². The molecule has 0 radical (unpaired) electrons. The Morgan fingerprint density at radius 2 is 1.57 bits per heavy atom. The number of benzene rings is 2. The van der Waals surface area contributed by atoms with Crippen LogP contribution in [0.3, 0.4) is 0 Å². The number of para-hydroxylation sites is 1. The van der Waals surface area contributed by atoms with E-state index in [9.17, 15) is 24.0 Å². The van der Waals surface area contributed by atoms with E-state index >= 15 is 0 Å². The molecule has 7 rings (SSSR count). The number of hydrogen-bond acceptors (Lipinski definition) is 10. The maximum Gasteiger partial charge on any atom is 0.419 e. The number of hydrogen-bond donors (Lipinski definition) is 1. The molecule has 3 saturated heterocycles. The normalized spacial score (nSPS) is 19.5. The average molecular weight is 802 g/mol. The Balaban J connectivity index is 0.958. The first-order valence-corrected chi connectivity index (χ1v) is 20.9. The minimum atomic E-state index is -1.07. The molecule has 4 aliphatic rings. The maximum atomic E-state index is 14.3. The van der Waals surface area contributed by atoms with Crippen molar-refractivity contribution in [3.05, 3.63) is 63.6 Å². The van der Waals surface area contributed by atoms with Crippen molar-refractivity contribution in [1.29, 1.82) is 0 Å². The number of fused-ring (bicyclic) bond motifs is 2. The van der Waals surface area contributed by atoms with Crippen LogP contribution in [0.5, 0.6) is 0 Å². The molecular formula is C43H59N7O8. The van der Waals surface area contributed by atoms with Gasteiger partial charge in [-0.15, -0.1) is 0 Å². The molecule has 4 amide bonds. The fourth-order valence-corrected chi connectivity index (χ4v) is 9.33. The van der Waals surface area contributed by atoms with E-state index in [2.05, 4.69) is 10.2 Å². The molecule has 1 aromatic heterocycles. The van der Waals surface area contributed by atoms with E-state index < -0.39 is 18.0 Å². The highest BCUT2D eigenvalue weighted by Gasteiger charge is 2.37. The molecule has 5 heterocycles. The Bertz CT molecular complexity index is 2000. The van der Waals surface area contributed by atoms with Gasteiger partial charge in [-0.25, -0.2) is 14.4 Å². The van der Waals surface area contributed by atoms with Crippen molar-refractivity contribution < 1.29 is 33.1 Å². The number of aryl methyl sites for hydroxylation is 2. The number of nitrogens with one attached hydrogen (secondary N) is 1. The predicted octanol–water partition coefficient (Wildman–Crippen LogP) is 4.10. The SMILES string of the molecule is Cc1cc(C[C@@H](OC(=O)N2CCC(N3CCc4ccccc4NC3=O)CC2)C(=O)N2CCC(C3CCN(CC(=O)OCCN(C)C)CC3)CC2)cc2oc(=O)n(C)c12. The van der Waals surface area contributed by atoms with Crippen molar-refractivity contribution in [2.24, 2.45) is 18.9 Å². The lowest BCUT2D eigenvalue weighted by Gasteiger charge is -2.41. The lowest BCUT2D eigenvalue weighted by atomic mass is 9.78. The van der Waals surface area contributed by atoms with Gasteiger partial charge >= 0.3 is 23.8 Å². The van der Waals surface area contributed by atoms with Crippen molar-refractivity contribution in [2.45, 2.75) is 70.4 Å². The third kappa shape index (κ3) is 9.69. The third-order valence-corrected chi connectivity index (χ3v) is 12.7. The lowest BCUT2D eigenvalue weighted by molar-refractivity contribution is -0.145. The summed E-state index contributed by atoms with van der Waals surface area (Å²) in [6, 6.07) is 11.4. The van der Waals surface area contributed by atoms with Crippen LogP contribution in [0.1, 0.15) is 55.2 Å². The molecule has 3 fully saturated rings. The van der Waals surface area contributed by atoms with Gasteiger partial charge in [-0.2, -0.15) is 0 Å². The molecule has 1 atom stereocenters. The summed E-state index contributed by atoms with van der Waals surface area (Å²) < 4.78 is 18.5. The molecule has 0 bridgehead atoms. The van der Waals surface area contributed by atoms with Gasteiger partial charge in [0.15, 0.2) is 11.7 Å². The molecule has 314 valence electrons. The molecule has 0 aliphatic carbocycles. The van der Waals surface area contributed by atoms with Gasteiger partial charge in [-0.1, -0.05) is 24.3 Å². The van der Waals surface area contributed by atoms with Gasteiger partial charge in [-0.3, -0.25) is 19.1 Å². The number of urea groups is 1. The molecule has 0 saturated carbocycles. The van der Waals surface area contributed by atoms with Gasteiger partial charge in [0, 0.05) is 64.5 Å². The molecule has 58 heavy (non-hydrogen) atoms. The van der Waals surface area contributed by atoms with Gasteiger partial charge in [0.2, 0.25) is 0 Å². The fourth-order valence-electron chi connectivity index (χ4n) is 9.33. The molecule has 2 aromatic carbocycles. The number of piperidine rings is 3. The van der Waals surface area contributed by atoms with Gasteiger partial charge in [0.25, 0.3) is 5.91 Å². The number of rotatable bonds is 11. The third-order valence-electron chi connectivity index (χ3n) is 12.7. The van der Waals surface area contributed by atoms with Crippen molar-refractivity contribution in [1.82, 2.24) is 29.1 Å². The zero-order valence-corrected chi connectivity index (χ0v) is 34.5. The van der Waals surface area contributed by atoms with E-state index in [1.807, 2.05) is 66.1 Å². The van der Waals surface area contributed by atoms with Crippen LogP contribution in [0.4, 0.5) is 15.3 Å². The second kappa shape index (κ2) is 18.4. The quantitative estimate of drug-likeness (QED) is 0.281. The lowest BCUT2D eigenvalue weighted by Crippen LogP contribution is -2.52. The molecular weight excluding hydrogens is 743 g/mol. The summed E-state index contributed by atoms with van der Waals surface area (Å²) >= 11 is 0. The van der Waals surface area contributed by atoms with Crippen LogP contribution >= 0.6 is 0 Å². The van der Waals surface area contributed by atoms with E-state index in [-0.39, 0.29) is 30.4 Å². The number of likely N-dealkylation sites (N-methyl/N-ethyl adjacent to an activating group) is 1. The number of carbonyl (C=O) groups excluding carboxylic acids is 4. The smallest absolute Gasteiger partial charge is 0.419 e. The number of aromatic nitrogens is 1. The number of ether oxygens (including phenoxy) is 2. The fraction of sp³-hybridized carbons (Fsp3) is 0.605. The molecule has 4 aliphatic heterocycles. The molecule has 1 N–H and O–H groups in total. The second-order valence-corrected chi connectivity index (χ2v) is 16.8. The van der Waals surface area contributed by atoms with Gasteiger partial charge in [-0.05, 0) is 120 Å². The average Bonchev–Trinajstić information content (AvgIpc) is 3.39. The molecule has 0 unspecified atom stereocenters. The molecule has 15 heteroatoms. The Kier molecular flexibility index (Phi) is 13.1. The number of likely N-dealkylation sites (tertiary alicyclic amines) is 3. The van der Waals surface area contributed by atoms with Crippen molar-refractivity contribution >= 4 is 40.8 Å². The number of anilines is 1. The standard InChI is InChI=1S/C43H59N7O8/c1-29-25-30(26-36-39(29)46(4)42(54)57-36)27-37(58-43(55)49-20-14-34(15-21-49)50-22-13-33-7-5-6-8-35(33)44-41(50)53)40(52)48-18-11-32(12-19-48)31-9-16-47(17-10-31)28-38(51)56-24-23-45(2)3/h5-8,25-26,31-32,34,37H,9-24,27-28H2,1-4H3,(H,44,53)/t37-/m1/s1. The molecule has 15 nitrogen and oxygen atoms in total. The monoisotopic (exact) mass is 801 g/mol. The summed E-state index contributed by atoms with van der Waals surface area (Å²) in [5, 5.41) is 3.05. The highest BCUT2D eigenvalue weighted by atomic mass is 16.6. The van der Waals surface area contributed by atoms with Crippen LogP contribution in [0, 0.1) is 18.8 Å². The Morgan fingerprint density at radius 3 is 2.28 bits per heavy atom. The van der Waals surface area contributed by atoms with E-state index in [1.165, 1.54) is 4.57 Å². The molecule has 0 spiro atoms. The Hall–Kier alpha value is -4.89. The van der Waals surface area contributed by atoms with E-state index in [4.69, 9.17) is 13.9 Å². The zero-order chi connectivity index (χ0) is 40.9. The summed E-state index contributed by atoms with van der Waals surface area (Å²) in [7, 11) is 5.56. The van der Waals surface area contributed by atoms with Gasteiger partial charge in [0.05, 0.1) is 12.1 Å². The second-order valence-electron chi connectivity index (χ2n) is 16.8. The van der Waals surface area contributed by atoms with Crippen LogP contribution in [0.15, 0.2) is 45.6 Å². The van der Waals surface area contributed by atoms with Crippen LogP contribution in [-0.2, 0) is 39.0 Å². The number of carbonyl (C=O) groups is 4. The first kappa shape index (κ1) is 41.3. The van der Waals surface area contributed by atoms with Crippen molar-refractivity contribution in [3.63, 3.8) is 0 Å². The maximum absolute atomic E-state index is 14.3. The van der Waals surface area contributed by atoms with Crippen molar-refractivity contribution in [3.8, 4) is 0 Å². The minimum Gasteiger partial charge on any atom is -0.463 e. The van der Waals surface area contributed by atoms with Crippen molar-refractivity contribution in [2.75, 3.05) is 84.9 Å². The first-order chi connectivity index (χ1) is 27.9. The van der Waals surface area contributed by atoms with Gasteiger partial charge < -0.3 is 38.8 Å². The minimum absolute atomic E-state index is 0.0193. The zero-order valence-electron chi connectivity index (χ0n) is 34.5.